The lowest BCUT2D eigenvalue weighted by Gasteiger charge is -2.14. The molecule has 1 aliphatic heterocycles. The van der Waals surface area contributed by atoms with E-state index >= 15 is 0 Å². The minimum absolute atomic E-state index is 0.0600. The van der Waals surface area contributed by atoms with Gasteiger partial charge in [-0.1, -0.05) is 6.07 Å². The molecule has 4 heteroatoms. The topological polar surface area (TPSA) is 50.4 Å². The smallest absolute Gasteiger partial charge is 0.251 e. The van der Waals surface area contributed by atoms with Gasteiger partial charge in [0.25, 0.3) is 5.91 Å². The van der Waals surface area contributed by atoms with E-state index in [2.05, 4.69) is 10.6 Å². The SMILES string of the molecule is CNC(=O)c1ccc(C)c(NCC2CCCO2)c1. The number of ether oxygens (including phenoxy) is 1. The third-order valence-electron chi connectivity index (χ3n) is 3.27. The Balaban J connectivity index is 2.03. The molecular formula is C14H20N2O2. The van der Waals surface area contributed by atoms with Gasteiger partial charge < -0.3 is 15.4 Å². The molecule has 4 nitrogen and oxygen atoms in total. The fourth-order valence-corrected chi connectivity index (χ4v) is 2.13. The molecule has 1 atom stereocenters. The van der Waals surface area contributed by atoms with Gasteiger partial charge in [0.15, 0.2) is 0 Å². The number of nitrogens with one attached hydrogen (secondary N) is 2. The molecule has 0 radical (unpaired) electrons. The average Bonchev–Trinajstić information content (AvgIpc) is 2.90. The fourth-order valence-electron chi connectivity index (χ4n) is 2.13. The van der Waals surface area contributed by atoms with E-state index in [-0.39, 0.29) is 5.91 Å². The van der Waals surface area contributed by atoms with Gasteiger partial charge >= 0.3 is 0 Å². The summed E-state index contributed by atoms with van der Waals surface area (Å²) in [7, 11) is 1.64. The Morgan fingerprint density at radius 2 is 2.33 bits per heavy atom. The first kappa shape index (κ1) is 12.9. The van der Waals surface area contributed by atoms with E-state index in [9.17, 15) is 4.79 Å². The molecular weight excluding hydrogens is 228 g/mol. The van der Waals surface area contributed by atoms with Crippen LogP contribution >= 0.6 is 0 Å². The minimum Gasteiger partial charge on any atom is -0.382 e. The van der Waals surface area contributed by atoms with E-state index in [1.165, 1.54) is 0 Å². The third kappa shape index (κ3) is 3.01. The van der Waals surface area contributed by atoms with Crippen molar-refractivity contribution >= 4 is 11.6 Å². The van der Waals surface area contributed by atoms with Crippen molar-refractivity contribution in [3.05, 3.63) is 29.3 Å². The maximum absolute atomic E-state index is 11.6. The zero-order valence-electron chi connectivity index (χ0n) is 11.0. The Morgan fingerprint density at radius 3 is 3.00 bits per heavy atom. The van der Waals surface area contributed by atoms with Crippen LogP contribution in [0.2, 0.25) is 0 Å². The second kappa shape index (κ2) is 5.87. The summed E-state index contributed by atoms with van der Waals surface area (Å²) in [5, 5.41) is 6.00. The van der Waals surface area contributed by atoms with Gasteiger partial charge in [0.2, 0.25) is 0 Å². The van der Waals surface area contributed by atoms with Crippen LogP contribution in [0.25, 0.3) is 0 Å². The Labute approximate surface area is 108 Å². The predicted octanol–water partition coefficient (Wildman–Crippen LogP) is 1.95. The van der Waals surface area contributed by atoms with Gasteiger partial charge in [-0.25, -0.2) is 0 Å². The summed E-state index contributed by atoms with van der Waals surface area (Å²) in [6, 6.07) is 5.69. The zero-order chi connectivity index (χ0) is 13.0. The van der Waals surface area contributed by atoms with E-state index in [0.29, 0.717) is 11.7 Å². The van der Waals surface area contributed by atoms with E-state index < -0.39 is 0 Å². The van der Waals surface area contributed by atoms with E-state index in [1.807, 2.05) is 25.1 Å². The lowest BCUT2D eigenvalue weighted by Crippen LogP contribution is -2.20. The first-order chi connectivity index (χ1) is 8.70. The number of aryl methyl sites for hydroxylation is 1. The van der Waals surface area contributed by atoms with Crippen LogP contribution in [0.3, 0.4) is 0 Å². The monoisotopic (exact) mass is 248 g/mol. The summed E-state index contributed by atoms with van der Waals surface area (Å²) >= 11 is 0. The van der Waals surface area contributed by atoms with Crippen LogP contribution in [0.1, 0.15) is 28.8 Å². The van der Waals surface area contributed by atoms with Crippen LogP contribution in [0, 0.1) is 6.92 Å². The second-order valence-electron chi connectivity index (χ2n) is 4.62. The molecule has 1 aliphatic rings. The molecule has 2 rings (SSSR count). The highest BCUT2D eigenvalue weighted by Gasteiger charge is 2.15. The number of hydrogen-bond donors (Lipinski definition) is 2. The summed E-state index contributed by atoms with van der Waals surface area (Å²) in [5.41, 5.74) is 2.82. The normalized spacial score (nSPS) is 18.7. The van der Waals surface area contributed by atoms with Crippen LogP contribution in [-0.2, 0) is 4.74 Å². The first-order valence-corrected chi connectivity index (χ1v) is 6.39. The van der Waals surface area contributed by atoms with E-state index in [1.54, 1.807) is 7.05 Å². The fraction of sp³-hybridized carbons (Fsp3) is 0.500. The van der Waals surface area contributed by atoms with Gasteiger partial charge in [-0.3, -0.25) is 4.79 Å². The Kier molecular flexibility index (Phi) is 4.20. The summed E-state index contributed by atoms with van der Waals surface area (Å²) in [6.45, 7) is 3.70. The molecule has 0 spiro atoms. The average molecular weight is 248 g/mol. The summed E-state index contributed by atoms with van der Waals surface area (Å²) in [4.78, 5) is 11.6. The van der Waals surface area contributed by atoms with Gasteiger partial charge in [0.1, 0.15) is 0 Å². The van der Waals surface area contributed by atoms with Crippen molar-refractivity contribution in [1.29, 1.82) is 0 Å². The van der Waals surface area contributed by atoms with Crippen LogP contribution in [0.4, 0.5) is 5.69 Å². The molecule has 0 bridgehead atoms. The van der Waals surface area contributed by atoms with Crippen LogP contribution < -0.4 is 10.6 Å². The second-order valence-corrected chi connectivity index (χ2v) is 4.62. The van der Waals surface area contributed by atoms with Gasteiger partial charge in [-0.15, -0.1) is 0 Å². The molecule has 1 aromatic rings. The largest absolute Gasteiger partial charge is 0.382 e. The standard InChI is InChI=1S/C14H20N2O2/c1-10-5-6-11(14(17)15-2)8-13(10)16-9-12-4-3-7-18-12/h5-6,8,12,16H,3-4,7,9H2,1-2H3,(H,15,17). The number of hydrogen-bond acceptors (Lipinski definition) is 3. The van der Waals surface area contributed by atoms with Crippen molar-refractivity contribution in [2.24, 2.45) is 0 Å². The van der Waals surface area contributed by atoms with Crippen molar-refractivity contribution in [2.45, 2.75) is 25.9 Å². The summed E-state index contributed by atoms with van der Waals surface area (Å²) in [5.74, 6) is -0.0600. The number of amides is 1. The van der Waals surface area contributed by atoms with Gasteiger partial charge in [-0.05, 0) is 37.5 Å². The molecule has 1 amide bonds. The molecule has 2 N–H and O–H groups in total. The number of carbonyl (C=O) groups is 1. The lowest BCUT2D eigenvalue weighted by molar-refractivity contribution is 0.0963. The van der Waals surface area contributed by atoms with Crippen molar-refractivity contribution < 1.29 is 9.53 Å². The molecule has 0 saturated carbocycles. The highest BCUT2D eigenvalue weighted by atomic mass is 16.5. The molecule has 0 aromatic heterocycles. The number of benzene rings is 1. The third-order valence-corrected chi connectivity index (χ3v) is 3.27. The maximum Gasteiger partial charge on any atom is 0.251 e. The van der Waals surface area contributed by atoms with Gasteiger partial charge in [0, 0.05) is 31.5 Å². The number of anilines is 1. The van der Waals surface area contributed by atoms with Gasteiger partial charge in [-0.2, -0.15) is 0 Å². The first-order valence-electron chi connectivity index (χ1n) is 6.39. The molecule has 1 aromatic carbocycles. The molecule has 98 valence electrons. The molecule has 1 heterocycles. The number of carbonyl (C=O) groups excluding carboxylic acids is 1. The molecule has 1 saturated heterocycles. The van der Waals surface area contributed by atoms with Crippen molar-refractivity contribution in [3.63, 3.8) is 0 Å². The van der Waals surface area contributed by atoms with Crippen LogP contribution in [0.15, 0.2) is 18.2 Å². The Hall–Kier alpha value is -1.55. The quantitative estimate of drug-likeness (QED) is 0.856. The lowest BCUT2D eigenvalue weighted by atomic mass is 10.1. The number of rotatable bonds is 4. The predicted molar refractivity (Wildman–Crippen MR) is 72.0 cm³/mol. The van der Waals surface area contributed by atoms with E-state index in [4.69, 9.17) is 4.74 Å². The Bertz CT molecular complexity index is 426. The zero-order valence-corrected chi connectivity index (χ0v) is 11.0. The van der Waals surface area contributed by atoms with Gasteiger partial charge in [0.05, 0.1) is 6.10 Å². The van der Waals surface area contributed by atoms with Crippen LogP contribution in [-0.4, -0.2) is 32.2 Å². The van der Waals surface area contributed by atoms with Crippen molar-refractivity contribution in [3.8, 4) is 0 Å². The highest BCUT2D eigenvalue weighted by Crippen LogP contribution is 2.19. The highest BCUT2D eigenvalue weighted by molar-refractivity contribution is 5.95. The summed E-state index contributed by atoms with van der Waals surface area (Å²) in [6.07, 6.45) is 2.55. The molecule has 1 fully saturated rings. The molecule has 1 unspecified atom stereocenters. The summed E-state index contributed by atoms with van der Waals surface area (Å²) < 4.78 is 5.57. The Morgan fingerprint density at radius 1 is 1.50 bits per heavy atom. The van der Waals surface area contributed by atoms with Crippen molar-refractivity contribution in [1.82, 2.24) is 5.32 Å². The molecule has 0 aliphatic carbocycles. The minimum atomic E-state index is -0.0600. The maximum atomic E-state index is 11.6. The molecule has 18 heavy (non-hydrogen) atoms. The van der Waals surface area contributed by atoms with E-state index in [0.717, 1.165) is 37.2 Å². The van der Waals surface area contributed by atoms with Crippen LogP contribution in [0.5, 0.6) is 0 Å². The van der Waals surface area contributed by atoms with Crippen molar-refractivity contribution in [2.75, 3.05) is 25.5 Å².